The van der Waals surface area contributed by atoms with E-state index in [0.29, 0.717) is 27.7 Å². The number of halogens is 3. The van der Waals surface area contributed by atoms with Gasteiger partial charge in [0.1, 0.15) is 0 Å². The lowest BCUT2D eigenvalue weighted by molar-refractivity contribution is 0.317. The molecular formula is C21H17BrCl2N2O2. The average molecular weight is 480 g/mol. The average Bonchev–Trinajstić information content (AvgIpc) is 2.67. The standard InChI is InChI=1S/C21H17BrCl2N2O2/c1-26-12-14(4-9-21(26)27)20(25-28)11-18(13-2-5-15(22)6-3-13)17-8-7-16(23)10-19(17)24/h2-10,12,18,28H,11H2,1H3. The van der Waals surface area contributed by atoms with E-state index < -0.39 is 0 Å². The number of aromatic nitrogens is 1. The van der Waals surface area contributed by atoms with E-state index in [0.717, 1.165) is 15.6 Å². The van der Waals surface area contributed by atoms with Crippen LogP contribution >= 0.6 is 39.1 Å². The Morgan fingerprint density at radius 3 is 2.46 bits per heavy atom. The summed E-state index contributed by atoms with van der Waals surface area (Å²) in [6.07, 6.45) is 2.04. The van der Waals surface area contributed by atoms with E-state index in [9.17, 15) is 10.0 Å². The monoisotopic (exact) mass is 478 g/mol. The number of aryl methyl sites for hydroxylation is 1. The van der Waals surface area contributed by atoms with Crippen LogP contribution < -0.4 is 5.56 Å². The largest absolute Gasteiger partial charge is 0.411 e. The molecule has 1 N–H and O–H groups in total. The molecule has 144 valence electrons. The van der Waals surface area contributed by atoms with Crippen molar-refractivity contribution in [2.24, 2.45) is 12.2 Å². The van der Waals surface area contributed by atoms with E-state index >= 15 is 0 Å². The Morgan fingerprint density at radius 1 is 1.14 bits per heavy atom. The summed E-state index contributed by atoms with van der Waals surface area (Å²) in [5.74, 6) is -0.166. The van der Waals surface area contributed by atoms with Crippen molar-refractivity contribution in [1.82, 2.24) is 4.57 Å². The fourth-order valence-electron chi connectivity index (χ4n) is 3.06. The summed E-state index contributed by atoms with van der Waals surface area (Å²) in [5.41, 5.74) is 2.87. The lowest BCUT2D eigenvalue weighted by Crippen LogP contribution is -2.18. The lowest BCUT2D eigenvalue weighted by Gasteiger charge is -2.20. The van der Waals surface area contributed by atoms with Crippen LogP contribution in [0.5, 0.6) is 0 Å². The zero-order valence-electron chi connectivity index (χ0n) is 14.9. The summed E-state index contributed by atoms with van der Waals surface area (Å²) in [6.45, 7) is 0. The normalized spacial score (nSPS) is 12.8. The quantitative estimate of drug-likeness (QED) is 0.283. The second-order valence-electron chi connectivity index (χ2n) is 6.39. The van der Waals surface area contributed by atoms with Gasteiger partial charge in [-0.3, -0.25) is 4.79 Å². The maximum absolute atomic E-state index is 11.7. The molecule has 0 aliphatic heterocycles. The van der Waals surface area contributed by atoms with Gasteiger partial charge in [-0.1, -0.05) is 62.5 Å². The molecule has 7 heteroatoms. The van der Waals surface area contributed by atoms with Gasteiger partial charge in [0.25, 0.3) is 0 Å². The Hall–Kier alpha value is -2.08. The second kappa shape index (κ2) is 8.95. The smallest absolute Gasteiger partial charge is 0.250 e. The molecule has 0 amide bonds. The molecule has 28 heavy (non-hydrogen) atoms. The van der Waals surface area contributed by atoms with Crippen LogP contribution in [0.3, 0.4) is 0 Å². The van der Waals surface area contributed by atoms with E-state index in [-0.39, 0.29) is 11.5 Å². The van der Waals surface area contributed by atoms with Crippen molar-refractivity contribution in [3.05, 3.63) is 102 Å². The van der Waals surface area contributed by atoms with Gasteiger partial charge in [0.15, 0.2) is 0 Å². The van der Waals surface area contributed by atoms with Gasteiger partial charge in [-0.2, -0.15) is 0 Å². The summed E-state index contributed by atoms with van der Waals surface area (Å²) in [7, 11) is 1.66. The minimum atomic E-state index is -0.166. The van der Waals surface area contributed by atoms with Crippen molar-refractivity contribution in [2.45, 2.75) is 12.3 Å². The van der Waals surface area contributed by atoms with Crippen molar-refractivity contribution in [3.63, 3.8) is 0 Å². The highest BCUT2D eigenvalue weighted by Crippen LogP contribution is 2.36. The molecule has 0 aliphatic rings. The predicted octanol–water partition coefficient (Wildman–Crippen LogP) is 5.86. The van der Waals surface area contributed by atoms with E-state index in [4.69, 9.17) is 23.2 Å². The molecule has 0 bridgehead atoms. The molecule has 1 heterocycles. The fourth-order valence-corrected chi connectivity index (χ4v) is 3.87. The van der Waals surface area contributed by atoms with Gasteiger partial charge in [0.05, 0.1) is 5.71 Å². The van der Waals surface area contributed by atoms with E-state index in [1.807, 2.05) is 30.3 Å². The number of benzene rings is 2. The highest BCUT2D eigenvalue weighted by molar-refractivity contribution is 9.10. The fraction of sp³-hybridized carbons (Fsp3) is 0.143. The van der Waals surface area contributed by atoms with Crippen LogP contribution in [0.2, 0.25) is 10.0 Å². The molecule has 4 nitrogen and oxygen atoms in total. The first-order valence-corrected chi connectivity index (χ1v) is 10.0. The number of rotatable bonds is 5. The van der Waals surface area contributed by atoms with E-state index in [1.54, 1.807) is 31.4 Å². The van der Waals surface area contributed by atoms with Crippen LogP contribution in [0.1, 0.15) is 29.0 Å². The van der Waals surface area contributed by atoms with Crippen LogP contribution in [0.15, 0.2) is 75.2 Å². The number of oxime groups is 1. The lowest BCUT2D eigenvalue weighted by atomic mass is 9.85. The Kier molecular flexibility index (Phi) is 6.60. The van der Waals surface area contributed by atoms with Crippen molar-refractivity contribution in [3.8, 4) is 0 Å². The number of hydrogen-bond acceptors (Lipinski definition) is 3. The van der Waals surface area contributed by atoms with Crippen molar-refractivity contribution < 1.29 is 5.21 Å². The van der Waals surface area contributed by atoms with Gasteiger partial charge in [0.2, 0.25) is 5.56 Å². The number of hydrogen-bond donors (Lipinski definition) is 1. The Morgan fingerprint density at radius 2 is 1.86 bits per heavy atom. The van der Waals surface area contributed by atoms with Gasteiger partial charge in [-0.25, -0.2) is 0 Å². The van der Waals surface area contributed by atoms with Gasteiger partial charge in [-0.05, 0) is 41.5 Å². The zero-order chi connectivity index (χ0) is 20.3. The van der Waals surface area contributed by atoms with Gasteiger partial charge in [0, 0.05) is 51.7 Å². The first kappa shape index (κ1) is 20.6. The molecule has 3 aromatic rings. The van der Waals surface area contributed by atoms with Crippen LogP contribution in [-0.2, 0) is 7.05 Å². The topological polar surface area (TPSA) is 54.6 Å². The van der Waals surface area contributed by atoms with Crippen LogP contribution in [0.4, 0.5) is 0 Å². The summed E-state index contributed by atoms with van der Waals surface area (Å²) >= 11 is 16.0. The summed E-state index contributed by atoms with van der Waals surface area (Å²) in [6, 6.07) is 16.4. The molecule has 0 aliphatic carbocycles. The molecule has 1 unspecified atom stereocenters. The molecule has 0 radical (unpaired) electrons. The van der Waals surface area contributed by atoms with Crippen molar-refractivity contribution in [1.29, 1.82) is 0 Å². The van der Waals surface area contributed by atoms with Gasteiger partial charge in [-0.15, -0.1) is 0 Å². The first-order valence-electron chi connectivity index (χ1n) is 8.47. The molecular weight excluding hydrogens is 463 g/mol. The summed E-state index contributed by atoms with van der Waals surface area (Å²) < 4.78 is 2.41. The maximum atomic E-state index is 11.7. The van der Waals surface area contributed by atoms with Gasteiger partial charge < -0.3 is 9.77 Å². The molecule has 0 spiro atoms. The molecule has 0 fully saturated rings. The van der Waals surface area contributed by atoms with Crippen LogP contribution in [0.25, 0.3) is 0 Å². The third-order valence-corrected chi connectivity index (χ3v) is 5.64. The third kappa shape index (κ3) is 4.66. The van der Waals surface area contributed by atoms with E-state index in [2.05, 4.69) is 21.1 Å². The molecule has 0 saturated carbocycles. The van der Waals surface area contributed by atoms with Crippen LogP contribution in [-0.4, -0.2) is 15.5 Å². The molecule has 1 aromatic heterocycles. The number of pyridine rings is 1. The highest BCUT2D eigenvalue weighted by atomic mass is 79.9. The van der Waals surface area contributed by atoms with Crippen LogP contribution in [0, 0.1) is 0 Å². The Labute approximate surface area is 181 Å². The first-order chi connectivity index (χ1) is 13.4. The predicted molar refractivity (Wildman–Crippen MR) is 117 cm³/mol. The molecule has 2 aromatic carbocycles. The number of nitrogens with zero attached hydrogens (tertiary/aromatic N) is 2. The summed E-state index contributed by atoms with van der Waals surface area (Å²) in [5, 5.41) is 14.3. The zero-order valence-corrected chi connectivity index (χ0v) is 18.0. The molecule has 0 saturated heterocycles. The molecule has 3 rings (SSSR count). The maximum Gasteiger partial charge on any atom is 0.250 e. The highest BCUT2D eigenvalue weighted by Gasteiger charge is 2.21. The van der Waals surface area contributed by atoms with Crippen molar-refractivity contribution in [2.75, 3.05) is 0 Å². The van der Waals surface area contributed by atoms with Crippen molar-refractivity contribution >= 4 is 44.8 Å². The Bertz CT molecular complexity index is 1080. The minimum absolute atomic E-state index is 0.133. The van der Waals surface area contributed by atoms with Gasteiger partial charge >= 0.3 is 0 Å². The molecule has 1 atom stereocenters. The SMILES string of the molecule is Cn1cc(C(CC(c2ccc(Br)cc2)c2ccc(Cl)cc2Cl)=NO)ccc1=O. The minimum Gasteiger partial charge on any atom is -0.411 e. The second-order valence-corrected chi connectivity index (χ2v) is 8.15. The third-order valence-electron chi connectivity index (χ3n) is 4.55. The Balaban J connectivity index is 2.06. The van der Waals surface area contributed by atoms with E-state index in [1.165, 1.54) is 10.6 Å². The summed E-state index contributed by atoms with van der Waals surface area (Å²) in [4.78, 5) is 11.7.